The Morgan fingerprint density at radius 1 is 1.25 bits per heavy atom. The minimum atomic E-state index is -0.00660. The number of nitrogens with one attached hydrogen (secondary N) is 1. The number of carbonyl (C=O) groups excluding carboxylic acids is 2. The third-order valence-electron chi connectivity index (χ3n) is 3.90. The molecule has 2 amide bonds. The molecule has 1 aromatic rings. The summed E-state index contributed by atoms with van der Waals surface area (Å²) in [5.74, 6) is 1.38. The second kappa shape index (κ2) is 10.7. The fourth-order valence-electron chi connectivity index (χ4n) is 2.34. The highest BCUT2D eigenvalue weighted by Crippen LogP contribution is 2.13. The number of hydrogen-bond acceptors (Lipinski definition) is 3. The van der Waals surface area contributed by atoms with Gasteiger partial charge in [0.15, 0.2) is 0 Å². The molecule has 0 aliphatic carbocycles. The van der Waals surface area contributed by atoms with Crippen molar-refractivity contribution in [2.75, 3.05) is 26.7 Å². The van der Waals surface area contributed by atoms with Crippen molar-refractivity contribution in [1.29, 1.82) is 0 Å². The molecule has 0 spiro atoms. The number of nitrogens with zero attached hydrogens (tertiary/aromatic N) is 1. The largest absolute Gasteiger partial charge is 0.497 e. The van der Waals surface area contributed by atoms with Crippen molar-refractivity contribution in [1.82, 2.24) is 10.2 Å². The second-order valence-electron chi connectivity index (χ2n) is 6.39. The van der Waals surface area contributed by atoms with E-state index in [1.54, 1.807) is 18.9 Å². The molecule has 0 radical (unpaired) electrons. The van der Waals surface area contributed by atoms with Crippen molar-refractivity contribution in [2.45, 2.75) is 40.0 Å². The Bertz CT molecular complexity index is 529. The Morgan fingerprint density at radius 2 is 2.00 bits per heavy atom. The molecule has 0 saturated carbocycles. The first-order valence-electron chi connectivity index (χ1n) is 8.57. The fraction of sp³-hybridized carbons (Fsp3) is 0.579. The van der Waals surface area contributed by atoms with Gasteiger partial charge in [0.2, 0.25) is 11.8 Å². The molecule has 0 aliphatic heterocycles. The van der Waals surface area contributed by atoms with E-state index in [-0.39, 0.29) is 11.8 Å². The van der Waals surface area contributed by atoms with E-state index in [0.717, 1.165) is 24.2 Å². The van der Waals surface area contributed by atoms with E-state index in [1.165, 1.54) is 0 Å². The molecule has 0 heterocycles. The number of hydrogen-bond donors (Lipinski definition) is 1. The molecule has 0 aromatic heterocycles. The summed E-state index contributed by atoms with van der Waals surface area (Å²) in [7, 11) is 1.64. The number of benzene rings is 1. The molecular weight excluding hydrogens is 304 g/mol. The minimum absolute atomic E-state index is 0.00304. The molecule has 1 rings (SSSR count). The lowest BCUT2D eigenvalue weighted by molar-refractivity contribution is -0.129. The van der Waals surface area contributed by atoms with Crippen LogP contribution >= 0.6 is 0 Å². The van der Waals surface area contributed by atoms with Crippen LogP contribution in [-0.4, -0.2) is 43.5 Å². The maximum atomic E-state index is 11.8. The highest BCUT2D eigenvalue weighted by Gasteiger charge is 2.11. The third-order valence-corrected chi connectivity index (χ3v) is 3.90. The maximum absolute atomic E-state index is 11.8. The Morgan fingerprint density at radius 3 is 2.62 bits per heavy atom. The van der Waals surface area contributed by atoms with Crippen LogP contribution in [0.2, 0.25) is 0 Å². The van der Waals surface area contributed by atoms with Gasteiger partial charge >= 0.3 is 0 Å². The lowest BCUT2D eigenvalue weighted by Gasteiger charge is -2.21. The first kappa shape index (κ1) is 20.0. The Balaban J connectivity index is 2.41. The summed E-state index contributed by atoms with van der Waals surface area (Å²) in [5.41, 5.74) is 1.11. The number of methoxy groups -OCH3 is 1. The van der Waals surface area contributed by atoms with Gasteiger partial charge in [0.1, 0.15) is 5.75 Å². The molecule has 0 aliphatic rings. The number of amides is 2. The van der Waals surface area contributed by atoms with Crippen LogP contribution in [0.4, 0.5) is 0 Å². The Labute approximate surface area is 145 Å². The summed E-state index contributed by atoms with van der Waals surface area (Å²) >= 11 is 0. The quantitative estimate of drug-likeness (QED) is 0.715. The average Bonchev–Trinajstić information content (AvgIpc) is 2.54. The number of carbonyl (C=O) groups is 2. The molecular formula is C19H30N2O3. The van der Waals surface area contributed by atoms with E-state index in [2.05, 4.69) is 19.2 Å². The van der Waals surface area contributed by atoms with E-state index < -0.39 is 0 Å². The van der Waals surface area contributed by atoms with Crippen LogP contribution in [0.3, 0.4) is 0 Å². The SMILES string of the molecule is COc1cccc(CCN(CCC(=O)NCCC(C)C)C(C)=O)c1. The molecule has 134 valence electrons. The molecule has 5 heteroatoms. The standard InChI is InChI=1S/C19H30N2O3/c1-15(2)8-11-20-19(23)10-13-21(16(3)22)12-9-17-6-5-7-18(14-17)24-4/h5-7,14-15H,8-13H2,1-4H3,(H,20,23). The van der Waals surface area contributed by atoms with Crippen LogP contribution in [0.25, 0.3) is 0 Å². The number of ether oxygens (including phenoxy) is 1. The molecule has 5 nitrogen and oxygen atoms in total. The topological polar surface area (TPSA) is 58.6 Å². The summed E-state index contributed by atoms with van der Waals surface area (Å²) < 4.78 is 5.21. The zero-order valence-corrected chi connectivity index (χ0v) is 15.3. The van der Waals surface area contributed by atoms with Crippen LogP contribution in [0.5, 0.6) is 5.75 Å². The van der Waals surface area contributed by atoms with Gasteiger partial charge in [-0.05, 0) is 36.5 Å². The molecule has 24 heavy (non-hydrogen) atoms. The van der Waals surface area contributed by atoms with Gasteiger partial charge in [0.05, 0.1) is 7.11 Å². The highest BCUT2D eigenvalue weighted by molar-refractivity contribution is 5.78. The number of rotatable bonds is 10. The van der Waals surface area contributed by atoms with Gasteiger partial charge in [-0.25, -0.2) is 0 Å². The predicted octanol–water partition coefficient (Wildman–Crippen LogP) is 2.64. The first-order chi connectivity index (χ1) is 11.4. The van der Waals surface area contributed by atoms with Gasteiger partial charge in [0.25, 0.3) is 0 Å². The molecule has 0 atom stereocenters. The van der Waals surface area contributed by atoms with E-state index in [4.69, 9.17) is 4.74 Å². The van der Waals surface area contributed by atoms with Crippen molar-refractivity contribution in [3.8, 4) is 5.75 Å². The smallest absolute Gasteiger partial charge is 0.221 e. The minimum Gasteiger partial charge on any atom is -0.497 e. The van der Waals surface area contributed by atoms with Crippen molar-refractivity contribution in [3.05, 3.63) is 29.8 Å². The molecule has 1 N–H and O–H groups in total. The van der Waals surface area contributed by atoms with Gasteiger partial charge < -0.3 is 15.0 Å². The molecule has 0 bridgehead atoms. The Kier molecular flexibility index (Phi) is 8.90. The summed E-state index contributed by atoms with van der Waals surface area (Å²) in [6.45, 7) is 7.54. The van der Waals surface area contributed by atoms with Crippen LogP contribution in [0.1, 0.15) is 39.2 Å². The van der Waals surface area contributed by atoms with Crippen molar-refractivity contribution >= 4 is 11.8 Å². The summed E-state index contributed by atoms with van der Waals surface area (Å²) in [5, 5.41) is 2.90. The van der Waals surface area contributed by atoms with E-state index in [0.29, 0.717) is 32.0 Å². The summed E-state index contributed by atoms with van der Waals surface area (Å²) in [6.07, 6.45) is 2.06. The molecule has 1 aromatic carbocycles. The van der Waals surface area contributed by atoms with Crippen molar-refractivity contribution in [3.63, 3.8) is 0 Å². The molecule has 0 saturated heterocycles. The van der Waals surface area contributed by atoms with E-state index >= 15 is 0 Å². The summed E-state index contributed by atoms with van der Waals surface area (Å²) in [6, 6.07) is 7.82. The van der Waals surface area contributed by atoms with Gasteiger partial charge in [-0.15, -0.1) is 0 Å². The van der Waals surface area contributed by atoms with Crippen molar-refractivity contribution < 1.29 is 14.3 Å². The lowest BCUT2D eigenvalue weighted by Crippen LogP contribution is -2.35. The van der Waals surface area contributed by atoms with Crippen LogP contribution < -0.4 is 10.1 Å². The highest BCUT2D eigenvalue weighted by atomic mass is 16.5. The van der Waals surface area contributed by atoms with Crippen LogP contribution in [-0.2, 0) is 16.0 Å². The molecule has 0 fully saturated rings. The normalized spacial score (nSPS) is 10.5. The monoisotopic (exact) mass is 334 g/mol. The van der Waals surface area contributed by atoms with Crippen LogP contribution in [0.15, 0.2) is 24.3 Å². The zero-order valence-electron chi connectivity index (χ0n) is 15.3. The van der Waals surface area contributed by atoms with E-state index in [1.807, 2.05) is 24.3 Å². The maximum Gasteiger partial charge on any atom is 0.221 e. The average molecular weight is 334 g/mol. The third kappa shape index (κ3) is 7.99. The zero-order chi connectivity index (χ0) is 17.9. The van der Waals surface area contributed by atoms with Gasteiger partial charge in [-0.2, -0.15) is 0 Å². The fourth-order valence-corrected chi connectivity index (χ4v) is 2.34. The van der Waals surface area contributed by atoms with Gasteiger partial charge in [0, 0.05) is 33.0 Å². The van der Waals surface area contributed by atoms with E-state index in [9.17, 15) is 9.59 Å². The summed E-state index contributed by atoms with van der Waals surface area (Å²) in [4.78, 5) is 25.3. The van der Waals surface area contributed by atoms with Crippen LogP contribution in [0, 0.1) is 5.92 Å². The van der Waals surface area contributed by atoms with Gasteiger partial charge in [-0.3, -0.25) is 9.59 Å². The van der Waals surface area contributed by atoms with Crippen molar-refractivity contribution in [2.24, 2.45) is 5.92 Å². The Hall–Kier alpha value is -2.04. The predicted molar refractivity (Wildman–Crippen MR) is 96.0 cm³/mol. The van der Waals surface area contributed by atoms with Gasteiger partial charge in [-0.1, -0.05) is 26.0 Å². The molecule has 0 unspecified atom stereocenters. The lowest BCUT2D eigenvalue weighted by atomic mass is 10.1. The second-order valence-corrected chi connectivity index (χ2v) is 6.39. The first-order valence-corrected chi connectivity index (χ1v) is 8.57.